The Labute approximate surface area is 139 Å². The van der Waals surface area contributed by atoms with Gasteiger partial charge in [0.2, 0.25) is 0 Å². The number of aliphatic hydroxyl groups is 1. The van der Waals surface area contributed by atoms with Crippen molar-refractivity contribution in [1.82, 2.24) is 4.98 Å². The summed E-state index contributed by atoms with van der Waals surface area (Å²) < 4.78 is 0. The third kappa shape index (κ3) is 2.61. The smallest absolute Gasteiger partial charge is 0.143 e. The van der Waals surface area contributed by atoms with Gasteiger partial charge < -0.3 is 5.11 Å². The lowest BCUT2D eigenvalue weighted by Gasteiger charge is -2.30. The molecule has 0 radical (unpaired) electrons. The lowest BCUT2D eigenvalue weighted by molar-refractivity contribution is 0.125. The molecule has 1 N–H and O–H groups in total. The Kier molecular flexibility index (Phi) is 4.16. The molecule has 1 aromatic heterocycles. The molecule has 0 fully saturated rings. The van der Waals surface area contributed by atoms with E-state index in [4.69, 9.17) is 23.2 Å². The maximum Gasteiger partial charge on any atom is 0.143 e. The number of pyridine rings is 1. The van der Waals surface area contributed by atoms with E-state index in [0.29, 0.717) is 26.7 Å². The molecule has 0 aliphatic heterocycles. The third-order valence-corrected chi connectivity index (χ3v) is 4.14. The minimum atomic E-state index is -1.39. The molecule has 110 valence electrons. The highest BCUT2D eigenvalue weighted by atomic mass is 35.5. The molecular weight excluding hydrogens is 317 g/mol. The molecule has 0 aliphatic carbocycles. The van der Waals surface area contributed by atoms with E-state index in [2.05, 4.69) is 4.98 Å². The Balaban J connectivity index is 2.28. The molecule has 1 heterocycles. The molecule has 0 saturated carbocycles. The third-order valence-electron chi connectivity index (χ3n) is 3.59. The van der Waals surface area contributed by atoms with Crippen molar-refractivity contribution in [3.05, 3.63) is 99.8 Å². The second-order valence-corrected chi connectivity index (χ2v) is 5.79. The highest BCUT2D eigenvalue weighted by Gasteiger charge is 2.35. The van der Waals surface area contributed by atoms with E-state index >= 15 is 0 Å². The molecule has 0 saturated heterocycles. The SMILES string of the molecule is O[C@@](c1ccccc1)(c1cccnc1)c1ccc(Cl)cc1Cl. The Morgan fingerprint density at radius 3 is 2.23 bits per heavy atom. The van der Waals surface area contributed by atoms with E-state index in [1.807, 2.05) is 36.4 Å². The average molecular weight is 330 g/mol. The van der Waals surface area contributed by atoms with Crippen LogP contribution >= 0.6 is 23.2 Å². The summed E-state index contributed by atoms with van der Waals surface area (Å²) in [6.07, 6.45) is 3.30. The number of hydrogen-bond donors (Lipinski definition) is 1. The second-order valence-electron chi connectivity index (χ2n) is 4.94. The van der Waals surface area contributed by atoms with Gasteiger partial charge in [-0.25, -0.2) is 0 Å². The maximum atomic E-state index is 11.5. The van der Waals surface area contributed by atoms with Gasteiger partial charge in [0.1, 0.15) is 5.60 Å². The van der Waals surface area contributed by atoms with E-state index in [-0.39, 0.29) is 0 Å². The second kappa shape index (κ2) is 6.09. The maximum absolute atomic E-state index is 11.5. The van der Waals surface area contributed by atoms with Gasteiger partial charge in [-0.1, -0.05) is 65.7 Å². The molecule has 0 unspecified atom stereocenters. The van der Waals surface area contributed by atoms with E-state index in [0.717, 1.165) is 0 Å². The minimum Gasteiger partial charge on any atom is -0.376 e. The predicted molar refractivity (Wildman–Crippen MR) is 89.2 cm³/mol. The van der Waals surface area contributed by atoms with Crippen molar-refractivity contribution in [2.45, 2.75) is 5.60 Å². The van der Waals surface area contributed by atoms with Gasteiger partial charge in [0, 0.05) is 33.6 Å². The minimum absolute atomic E-state index is 0.405. The van der Waals surface area contributed by atoms with Gasteiger partial charge in [-0.3, -0.25) is 4.98 Å². The zero-order valence-corrected chi connectivity index (χ0v) is 13.1. The first-order valence-electron chi connectivity index (χ1n) is 6.76. The number of rotatable bonds is 3. The van der Waals surface area contributed by atoms with E-state index in [1.54, 1.807) is 36.7 Å². The zero-order valence-electron chi connectivity index (χ0n) is 11.6. The van der Waals surface area contributed by atoms with Crippen LogP contribution in [0.5, 0.6) is 0 Å². The molecule has 2 nitrogen and oxygen atoms in total. The number of aromatic nitrogens is 1. The van der Waals surface area contributed by atoms with Gasteiger partial charge in [0.25, 0.3) is 0 Å². The topological polar surface area (TPSA) is 33.1 Å². The van der Waals surface area contributed by atoms with Crippen molar-refractivity contribution >= 4 is 23.2 Å². The van der Waals surface area contributed by atoms with Crippen LogP contribution in [0.2, 0.25) is 10.0 Å². The molecule has 1 atom stereocenters. The molecule has 22 heavy (non-hydrogen) atoms. The van der Waals surface area contributed by atoms with Crippen LogP contribution in [0.15, 0.2) is 73.1 Å². The molecule has 0 amide bonds. The van der Waals surface area contributed by atoms with Crippen LogP contribution in [0.25, 0.3) is 0 Å². The normalized spacial score (nSPS) is 13.6. The summed E-state index contributed by atoms with van der Waals surface area (Å²) in [5.74, 6) is 0. The van der Waals surface area contributed by atoms with E-state index in [1.165, 1.54) is 0 Å². The first-order chi connectivity index (χ1) is 10.6. The molecule has 0 spiro atoms. The highest BCUT2D eigenvalue weighted by Crippen LogP contribution is 2.40. The lowest BCUT2D eigenvalue weighted by Crippen LogP contribution is -2.29. The van der Waals surface area contributed by atoms with Crippen molar-refractivity contribution in [2.75, 3.05) is 0 Å². The molecule has 3 rings (SSSR count). The number of halogens is 2. The Morgan fingerprint density at radius 1 is 0.864 bits per heavy atom. The van der Waals surface area contributed by atoms with Crippen LogP contribution in [0, 0.1) is 0 Å². The van der Waals surface area contributed by atoms with Crippen molar-refractivity contribution in [2.24, 2.45) is 0 Å². The van der Waals surface area contributed by atoms with Crippen LogP contribution < -0.4 is 0 Å². The summed E-state index contributed by atoms with van der Waals surface area (Å²) in [6.45, 7) is 0. The van der Waals surface area contributed by atoms with Gasteiger partial charge >= 0.3 is 0 Å². The Bertz CT molecular complexity index is 736. The summed E-state index contributed by atoms with van der Waals surface area (Å²) >= 11 is 12.3. The van der Waals surface area contributed by atoms with Gasteiger partial charge in [-0.2, -0.15) is 0 Å². The summed E-state index contributed by atoms with van der Waals surface area (Å²) in [4.78, 5) is 4.12. The van der Waals surface area contributed by atoms with Crippen LogP contribution in [0.3, 0.4) is 0 Å². The fourth-order valence-corrected chi connectivity index (χ4v) is 3.06. The number of nitrogens with zero attached hydrogens (tertiary/aromatic N) is 1. The standard InChI is InChI=1S/C18H13Cl2NO/c19-15-8-9-16(17(20)11-15)18(22,13-5-2-1-3-6-13)14-7-4-10-21-12-14/h1-12,22H/t18-/m0/s1. The first-order valence-corrected chi connectivity index (χ1v) is 7.52. The van der Waals surface area contributed by atoms with Crippen molar-refractivity contribution in [3.8, 4) is 0 Å². The Hall–Kier alpha value is -1.87. The highest BCUT2D eigenvalue weighted by molar-refractivity contribution is 6.35. The summed E-state index contributed by atoms with van der Waals surface area (Å²) in [5, 5.41) is 12.5. The zero-order chi connectivity index (χ0) is 15.6. The summed E-state index contributed by atoms with van der Waals surface area (Å²) in [6, 6.07) is 18.1. The fourth-order valence-electron chi connectivity index (χ4n) is 2.52. The van der Waals surface area contributed by atoms with Gasteiger partial charge in [-0.15, -0.1) is 0 Å². The quantitative estimate of drug-likeness (QED) is 0.757. The molecule has 0 bridgehead atoms. The monoisotopic (exact) mass is 329 g/mol. The van der Waals surface area contributed by atoms with Crippen LogP contribution in [0.4, 0.5) is 0 Å². The average Bonchev–Trinajstić information content (AvgIpc) is 2.56. The largest absolute Gasteiger partial charge is 0.376 e. The molecule has 3 aromatic rings. The number of benzene rings is 2. The van der Waals surface area contributed by atoms with Crippen LogP contribution in [-0.2, 0) is 5.60 Å². The van der Waals surface area contributed by atoms with Crippen LogP contribution in [0.1, 0.15) is 16.7 Å². The van der Waals surface area contributed by atoms with Gasteiger partial charge in [-0.05, 0) is 23.8 Å². The predicted octanol–water partition coefficient (Wildman–Crippen LogP) is 4.67. The number of hydrogen-bond acceptors (Lipinski definition) is 2. The molecule has 4 heteroatoms. The van der Waals surface area contributed by atoms with E-state index in [9.17, 15) is 5.11 Å². The first kappa shape index (κ1) is 15.0. The summed E-state index contributed by atoms with van der Waals surface area (Å²) in [5.41, 5.74) is 0.535. The molecule has 2 aromatic carbocycles. The van der Waals surface area contributed by atoms with Crippen molar-refractivity contribution in [3.63, 3.8) is 0 Å². The van der Waals surface area contributed by atoms with Gasteiger partial charge in [0.15, 0.2) is 0 Å². The van der Waals surface area contributed by atoms with Gasteiger partial charge in [0.05, 0.1) is 0 Å². The molecule has 0 aliphatic rings. The molecular formula is C18H13Cl2NO. The van der Waals surface area contributed by atoms with Crippen LogP contribution in [-0.4, -0.2) is 10.1 Å². The summed E-state index contributed by atoms with van der Waals surface area (Å²) in [7, 11) is 0. The Morgan fingerprint density at radius 2 is 1.59 bits per heavy atom. The lowest BCUT2D eigenvalue weighted by atomic mass is 9.81. The van der Waals surface area contributed by atoms with Crippen molar-refractivity contribution in [1.29, 1.82) is 0 Å². The fraction of sp³-hybridized carbons (Fsp3) is 0.0556. The van der Waals surface area contributed by atoms with Crippen molar-refractivity contribution < 1.29 is 5.11 Å². The van der Waals surface area contributed by atoms with E-state index < -0.39 is 5.60 Å².